The van der Waals surface area contributed by atoms with Crippen molar-refractivity contribution in [2.24, 2.45) is 5.92 Å². The molecule has 4 nitrogen and oxygen atoms in total. The zero-order valence-electron chi connectivity index (χ0n) is 13.4. The Balaban J connectivity index is 1.72. The van der Waals surface area contributed by atoms with Crippen LogP contribution in [0.3, 0.4) is 0 Å². The van der Waals surface area contributed by atoms with E-state index in [-0.39, 0.29) is 12.3 Å². The number of carbonyl (C=O) groups excluding carboxylic acids is 1. The van der Waals surface area contributed by atoms with Gasteiger partial charge in [0.15, 0.2) is 11.5 Å². The first-order chi connectivity index (χ1) is 11.3. The molecular formula is C17H20F3NO3. The molecule has 24 heavy (non-hydrogen) atoms. The summed E-state index contributed by atoms with van der Waals surface area (Å²) in [6, 6.07) is 4.66. The van der Waals surface area contributed by atoms with Crippen molar-refractivity contribution in [1.29, 1.82) is 0 Å². The summed E-state index contributed by atoms with van der Waals surface area (Å²) in [7, 11) is 0. The summed E-state index contributed by atoms with van der Waals surface area (Å²) >= 11 is 0. The fourth-order valence-corrected chi connectivity index (χ4v) is 2.96. The highest BCUT2D eigenvalue weighted by atomic mass is 19.4. The van der Waals surface area contributed by atoms with Gasteiger partial charge in [-0.25, -0.2) is 0 Å². The second kappa shape index (κ2) is 6.53. The van der Waals surface area contributed by atoms with Crippen LogP contribution in [0.2, 0.25) is 0 Å². The summed E-state index contributed by atoms with van der Waals surface area (Å²) in [5.74, 6) is 0.792. The second-order valence-electron chi connectivity index (χ2n) is 6.37. The molecule has 0 aromatic heterocycles. The first-order valence-corrected chi connectivity index (χ1v) is 8.08. The molecule has 0 saturated heterocycles. The number of halogens is 3. The van der Waals surface area contributed by atoms with Crippen LogP contribution < -0.4 is 9.47 Å². The third kappa shape index (κ3) is 4.13. The number of amides is 1. The van der Waals surface area contributed by atoms with Gasteiger partial charge in [-0.05, 0) is 43.4 Å². The molecule has 0 radical (unpaired) electrons. The predicted octanol–water partition coefficient (Wildman–Crippen LogP) is 3.19. The standard InChI is InChI=1S/C17H20F3NO3/c1-11(13-3-4-13)21(10-17(18,19)20)16(22)9-12-2-5-14-15(8-12)24-7-6-23-14/h2,5,8,11,13H,3-4,6-7,9-10H2,1H3/t11-/m1/s1. The number of alkyl halides is 3. The average molecular weight is 343 g/mol. The van der Waals surface area contributed by atoms with E-state index in [0.29, 0.717) is 30.3 Å². The minimum Gasteiger partial charge on any atom is -0.486 e. The molecule has 0 N–H and O–H groups in total. The van der Waals surface area contributed by atoms with Crippen molar-refractivity contribution < 1.29 is 27.4 Å². The lowest BCUT2D eigenvalue weighted by atomic mass is 10.1. The largest absolute Gasteiger partial charge is 0.486 e. The molecule has 132 valence electrons. The summed E-state index contributed by atoms with van der Waals surface area (Å²) < 4.78 is 49.4. The highest BCUT2D eigenvalue weighted by Crippen LogP contribution is 2.37. The fourth-order valence-electron chi connectivity index (χ4n) is 2.96. The van der Waals surface area contributed by atoms with Crippen LogP contribution in [-0.2, 0) is 11.2 Å². The minimum absolute atomic E-state index is 0.0796. The predicted molar refractivity (Wildman–Crippen MR) is 81.1 cm³/mol. The van der Waals surface area contributed by atoms with Crippen LogP contribution in [0.15, 0.2) is 18.2 Å². The highest BCUT2D eigenvalue weighted by Gasteiger charge is 2.40. The number of hydrogen-bond donors (Lipinski definition) is 0. The van der Waals surface area contributed by atoms with Gasteiger partial charge in [0.25, 0.3) is 0 Å². The van der Waals surface area contributed by atoms with Crippen molar-refractivity contribution in [3.05, 3.63) is 23.8 Å². The van der Waals surface area contributed by atoms with Crippen molar-refractivity contribution >= 4 is 5.91 Å². The normalized spacial score (nSPS) is 18.2. The Kier molecular flexibility index (Phi) is 4.60. The molecule has 2 aliphatic rings. The molecule has 3 rings (SSSR count). The van der Waals surface area contributed by atoms with Crippen LogP contribution in [0, 0.1) is 5.92 Å². The molecular weight excluding hydrogens is 323 g/mol. The maximum atomic E-state index is 12.8. The van der Waals surface area contributed by atoms with Crippen molar-refractivity contribution in [3.8, 4) is 11.5 Å². The van der Waals surface area contributed by atoms with Gasteiger partial charge in [0.2, 0.25) is 5.91 Å². The fraction of sp³-hybridized carbons (Fsp3) is 0.588. The quantitative estimate of drug-likeness (QED) is 0.824. The maximum Gasteiger partial charge on any atom is 0.406 e. The van der Waals surface area contributed by atoms with Gasteiger partial charge < -0.3 is 14.4 Å². The van der Waals surface area contributed by atoms with Crippen LogP contribution in [0.25, 0.3) is 0 Å². The topological polar surface area (TPSA) is 38.8 Å². The zero-order valence-corrected chi connectivity index (χ0v) is 13.4. The lowest BCUT2D eigenvalue weighted by molar-refractivity contribution is -0.165. The number of benzene rings is 1. The van der Waals surface area contributed by atoms with Crippen molar-refractivity contribution in [2.75, 3.05) is 19.8 Å². The first kappa shape index (κ1) is 16.9. The van der Waals surface area contributed by atoms with Gasteiger partial charge in [0.1, 0.15) is 19.8 Å². The molecule has 1 aliphatic heterocycles. The van der Waals surface area contributed by atoms with E-state index in [4.69, 9.17) is 9.47 Å². The van der Waals surface area contributed by atoms with Crippen molar-refractivity contribution in [2.45, 2.75) is 38.4 Å². The third-order valence-electron chi connectivity index (χ3n) is 4.43. The number of ether oxygens (including phenoxy) is 2. The number of carbonyl (C=O) groups is 1. The molecule has 1 aromatic carbocycles. The van der Waals surface area contributed by atoms with Crippen LogP contribution >= 0.6 is 0 Å². The maximum absolute atomic E-state index is 12.8. The Hall–Kier alpha value is -1.92. The van der Waals surface area contributed by atoms with E-state index in [1.54, 1.807) is 25.1 Å². The molecule has 7 heteroatoms. The molecule has 1 atom stereocenters. The number of rotatable bonds is 5. The highest BCUT2D eigenvalue weighted by molar-refractivity contribution is 5.79. The Morgan fingerprint density at radius 1 is 1.25 bits per heavy atom. The molecule has 1 aromatic rings. The monoisotopic (exact) mass is 343 g/mol. The Morgan fingerprint density at radius 3 is 2.54 bits per heavy atom. The van der Waals surface area contributed by atoms with Gasteiger partial charge in [-0.1, -0.05) is 6.07 Å². The van der Waals surface area contributed by atoms with Gasteiger partial charge in [-0.15, -0.1) is 0 Å². The van der Waals surface area contributed by atoms with Crippen LogP contribution in [0.5, 0.6) is 11.5 Å². The van der Waals surface area contributed by atoms with Gasteiger partial charge in [-0.2, -0.15) is 13.2 Å². The Labute approximate surface area is 138 Å². The van der Waals surface area contributed by atoms with Crippen molar-refractivity contribution in [3.63, 3.8) is 0 Å². The van der Waals surface area contributed by atoms with Gasteiger partial charge in [-0.3, -0.25) is 4.79 Å². The molecule has 1 amide bonds. The zero-order chi connectivity index (χ0) is 17.3. The van der Waals surface area contributed by atoms with Gasteiger partial charge in [0.05, 0.1) is 6.42 Å². The first-order valence-electron chi connectivity index (χ1n) is 8.08. The summed E-state index contributed by atoms with van der Waals surface area (Å²) in [5.41, 5.74) is 0.624. The molecule has 0 spiro atoms. The van der Waals surface area contributed by atoms with E-state index >= 15 is 0 Å². The number of nitrogens with zero attached hydrogens (tertiary/aromatic N) is 1. The summed E-state index contributed by atoms with van der Waals surface area (Å²) in [6.45, 7) is 1.38. The van der Waals surface area contributed by atoms with Gasteiger partial charge >= 0.3 is 6.18 Å². The smallest absolute Gasteiger partial charge is 0.406 e. The van der Waals surface area contributed by atoms with Crippen molar-refractivity contribution in [1.82, 2.24) is 4.90 Å². The molecule has 1 aliphatic carbocycles. The van der Waals surface area contributed by atoms with E-state index in [1.165, 1.54) is 0 Å². The van der Waals surface area contributed by atoms with Gasteiger partial charge in [0, 0.05) is 6.04 Å². The lowest BCUT2D eigenvalue weighted by Crippen LogP contribution is -2.46. The minimum atomic E-state index is -4.40. The van der Waals surface area contributed by atoms with E-state index < -0.39 is 24.7 Å². The Bertz CT molecular complexity index is 614. The number of fused-ring (bicyclic) bond motifs is 1. The molecule has 1 fully saturated rings. The molecule has 1 heterocycles. The third-order valence-corrected chi connectivity index (χ3v) is 4.43. The van der Waals surface area contributed by atoms with E-state index in [9.17, 15) is 18.0 Å². The summed E-state index contributed by atoms with van der Waals surface area (Å²) in [4.78, 5) is 13.5. The Morgan fingerprint density at radius 2 is 1.92 bits per heavy atom. The van der Waals surface area contributed by atoms with Crippen LogP contribution in [0.4, 0.5) is 13.2 Å². The molecule has 0 unspecified atom stereocenters. The summed E-state index contributed by atoms with van der Waals surface area (Å²) in [5, 5.41) is 0. The van der Waals surface area contributed by atoms with Crippen LogP contribution in [-0.4, -0.2) is 42.8 Å². The van der Waals surface area contributed by atoms with E-state index in [0.717, 1.165) is 17.7 Å². The molecule has 0 bridgehead atoms. The van der Waals surface area contributed by atoms with E-state index in [1.807, 2.05) is 0 Å². The lowest BCUT2D eigenvalue weighted by Gasteiger charge is -2.30. The second-order valence-corrected chi connectivity index (χ2v) is 6.37. The number of hydrogen-bond acceptors (Lipinski definition) is 3. The molecule has 1 saturated carbocycles. The SMILES string of the molecule is C[C@H](C1CC1)N(CC(F)(F)F)C(=O)Cc1ccc2c(c1)OCCO2. The van der Waals surface area contributed by atoms with Crippen LogP contribution in [0.1, 0.15) is 25.3 Å². The van der Waals surface area contributed by atoms with E-state index in [2.05, 4.69) is 0 Å². The summed E-state index contributed by atoms with van der Waals surface area (Å²) in [6.07, 6.45) is -2.71. The average Bonchev–Trinajstić information content (AvgIpc) is 3.36.